The normalized spacial score (nSPS) is 11.1. The molecule has 0 radical (unpaired) electrons. The molecule has 0 atom stereocenters. The Hall–Kier alpha value is -6.38. The number of nitrogens with zero attached hydrogens (tertiary/aromatic N) is 4. The molecule has 5 nitrogen and oxygen atoms in total. The van der Waals surface area contributed by atoms with Gasteiger partial charge in [0.15, 0.2) is 17.5 Å². The van der Waals surface area contributed by atoms with Crippen molar-refractivity contribution in [3.63, 3.8) is 0 Å². The van der Waals surface area contributed by atoms with E-state index in [1.807, 2.05) is 91.0 Å². The van der Waals surface area contributed by atoms with E-state index in [4.69, 9.17) is 19.4 Å². The Kier molecular flexibility index (Phi) is 6.44. The summed E-state index contributed by atoms with van der Waals surface area (Å²) in [4.78, 5) is 15.1. The van der Waals surface area contributed by atoms with Crippen LogP contribution in [0.5, 0.6) is 0 Å². The molecule has 45 heavy (non-hydrogen) atoms. The molecule has 0 amide bonds. The van der Waals surface area contributed by atoms with Crippen molar-refractivity contribution >= 4 is 21.9 Å². The van der Waals surface area contributed by atoms with Gasteiger partial charge in [-0.15, -0.1) is 0 Å². The van der Waals surface area contributed by atoms with Gasteiger partial charge >= 0.3 is 0 Å². The third-order valence-corrected chi connectivity index (χ3v) is 7.94. The van der Waals surface area contributed by atoms with Gasteiger partial charge in [-0.25, -0.2) is 15.0 Å². The van der Waals surface area contributed by atoms with Crippen LogP contribution in [0.15, 0.2) is 150 Å². The predicted molar refractivity (Wildman–Crippen MR) is 179 cm³/mol. The summed E-state index contributed by atoms with van der Waals surface area (Å²) in [5, 5.41) is 11.7. The fourth-order valence-corrected chi connectivity index (χ4v) is 5.79. The maximum absolute atomic E-state index is 9.94. The zero-order valence-corrected chi connectivity index (χ0v) is 24.1. The fourth-order valence-electron chi connectivity index (χ4n) is 5.79. The Morgan fingerprint density at radius 2 is 0.956 bits per heavy atom. The molecule has 0 saturated carbocycles. The van der Waals surface area contributed by atoms with Gasteiger partial charge in [0.05, 0.1) is 11.6 Å². The van der Waals surface area contributed by atoms with Crippen LogP contribution in [0.1, 0.15) is 5.56 Å². The van der Waals surface area contributed by atoms with Crippen molar-refractivity contribution in [1.82, 2.24) is 15.0 Å². The lowest BCUT2D eigenvalue weighted by Crippen LogP contribution is -2.01. The first-order chi connectivity index (χ1) is 22.2. The number of nitriles is 1. The average molecular weight is 577 g/mol. The second kappa shape index (κ2) is 11.0. The maximum Gasteiger partial charge on any atom is 0.164 e. The highest BCUT2D eigenvalue weighted by molar-refractivity contribution is 6.12. The molecule has 0 N–H and O–H groups in total. The number of para-hydroxylation sites is 1. The summed E-state index contributed by atoms with van der Waals surface area (Å²) in [6, 6.07) is 50.7. The van der Waals surface area contributed by atoms with E-state index in [0.29, 0.717) is 28.6 Å². The number of furan rings is 1. The number of hydrogen-bond acceptors (Lipinski definition) is 5. The van der Waals surface area contributed by atoms with Gasteiger partial charge in [0.2, 0.25) is 0 Å². The van der Waals surface area contributed by atoms with Crippen LogP contribution in [-0.2, 0) is 0 Å². The van der Waals surface area contributed by atoms with E-state index in [1.54, 1.807) is 6.07 Å². The lowest BCUT2D eigenvalue weighted by atomic mass is 10.0. The summed E-state index contributed by atoms with van der Waals surface area (Å²) >= 11 is 0. The number of aromatic nitrogens is 3. The molecule has 8 rings (SSSR count). The van der Waals surface area contributed by atoms with Gasteiger partial charge in [0, 0.05) is 27.5 Å². The third-order valence-electron chi connectivity index (χ3n) is 7.94. The van der Waals surface area contributed by atoms with E-state index >= 15 is 0 Å². The summed E-state index contributed by atoms with van der Waals surface area (Å²) in [6.45, 7) is 0. The standard InChI is InChI=1S/C40H24N4O/c41-25-26-21-34(37-33-19-7-8-20-35(33)45-36(37)22-26)40-43-38(31-17-9-15-29(23-31)27-11-3-1-4-12-27)42-39(44-40)32-18-10-16-30(24-32)28-13-5-2-6-14-28/h1-24H. The lowest BCUT2D eigenvalue weighted by Gasteiger charge is -2.11. The molecule has 0 unspecified atom stereocenters. The molecule has 5 heteroatoms. The Morgan fingerprint density at radius 1 is 0.444 bits per heavy atom. The highest BCUT2D eigenvalue weighted by Gasteiger charge is 2.19. The quantitative estimate of drug-likeness (QED) is 0.204. The molecular formula is C40H24N4O. The number of fused-ring (bicyclic) bond motifs is 3. The van der Waals surface area contributed by atoms with Gasteiger partial charge in [-0.1, -0.05) is 115 Å². The van der Waals surface area contributed by atoms with Crippen molar-refractivity contribution < 1.29 is 4.42 Å². The van der Waals surface area contributed by atoms with E-state index in [2.05, 4.69) is 54.6 Å². The average Bonchev–Trinajstić information content (AvgIpc) is 3.50. The van der Waals surface area contributed by atoms with Crippen LogP contribution in [0.4, 0.5) is 0 Å². The Bertz CT molecular complexity index is 2290. The zero-order chi connectivity index (χ0) is 30.2. The summed E-state index contributed by atoms with van der Waals surface area (Å²) in [7, 11) is 0. The van der Waals surface area contributed by atoms with E-state index < -0.39 is 0 Å². The first-order valence-corrected chi connectivity index (χ1v) is 14.7. The van der Waals surface area contributed by atoms with Crippen LogP contribution < -0.4 is 0 Å². The van der Waals surface area contributed by atoms with Crippen molar-refractivity contribution in [2.45, 2.75) is 0 Å². The fraction of sp³-hybridized carbons (Fsp3) is 0. The van der Waals surface area contributed by atoms with Crippen molar-refractivity contribution in [3.8, 4) is 62.5 Å². The molecule has 210 valence electrons. The first-order valence-electron chi connectivity index (χ1n) is 14.7. The van der Waals surface area contributed by atoms with E-state index in [0.717, 1.165) is 55.3 Å². The minimum atomic E-state index is 0.470. The number of benzene rings is 6. The van der Waals surface area contributed by atoms with E-state index in [-0.39, 0.29) is 0 Å². The Balaban J connectivity index is 1.38. The van der Waals surface area contributed by atoms with Crippen LogP contribution in [0.3, 0.4) is 0 Å². The first kappa shape index (κ1) is 26.3. The molecule has 0 fully saturated rings. The molecule has 2 aromatic heterocycles. The van der Waals surface area contributed by atoms with Crippen molar-refractivity contribution in [2.75, 3.05) is 0 Å². The van der Waals surface area contributed by atoms with E-state index in [9.17, 15) is 5.26 Å². The minimum Gasteiger partial charge on any atom is -0.456 e. The Morgan fingerprint density at radius 3 is 1.56 bits per heavy atom. The zero-order valence-electron chi connectivity index (χ0n) is 24.1. The second-order valence-corrected chi connectivity index (χ2v) is 10.8. The van der Waals surface area contributed by atoms with Crippen LogP contribution in [-0.4, -0.2) is 15.0 Å². The largest absolute Gasteiger partial charge is 0.456 e. The van der Waals surface area contributed by atoms with Crippen LogP contribution in [0.2, 0.25) is 0 Å². The van der Waals surface area contributed by atoms with Crippen LogP contribution in [0, 0.1) is 11.3 Å². The molecule has 0 aliphatic carbocycles. The SMILES string of the molecule is N#Cc1cc(-c2nc(-c3cccc(-c4ccccc4)c3)nc(-c3cccc(-c4ccccc4)c3)n2)c2c(c1)oc1ccccc12. The number of rotatable bonds is 5. The summed E-state index contributed by atoms with van der Waals surface area (Å²) in [6.07, 6.45) is 0. The minimum absolute atomic E-state index is 0.470. The van der Waals surface area contributed by atoms with Gasteiger partial charge in [-0.3, -0.25) is 0 Å². The maximum atomic E-state index is 9.94. The highest BCUT2D eigenvalue weighted by Crippen LogP contribution is 2.38. The van der Waals surface area contributed by atoms with Gasteiger partial charge in [0.1, 0.15) is 11.2 Å². The Labute approximate surface area is 259 Å². The molecule has 0 spiro atoms. The lowest BCUT2D eigenvalue weighted by molar-refractivity contribution is 0.669. The molecule has 0 bridgehead atoms. The van der Waals surface area contributed by atoms with Crippen molar-refractivity contribution in [3.05, 3.63) is 151 Å². The van der Waals surface area contributed by atoms with Crippen LogP contribution in [0.25, 0.3) is 78.4 Å². The second-order valence-electron chi connectivity index (χ2n) is 10.8. The third kappa shape index (κ3) is 4.91. The van der Waals surface area contributed by atoms with Crippen LogP contribution >= 0.6 is 0 Å². The summed E-state index contributed by atoms with van der Waals surface area (Å²) in [5.41, 5.74) is 8.63. The molecule has 6 aromatic carbocycles. The molecule has 0 aliphatic rings. The molecule has 8 aromatic rings. The predicted octanol–water partition coefficient (Wildman–Crippen LogP) is 9.98. The monoisotopic (exact) mass is 576 g/mol. The number of hydrogen-bond donors (Lipinski definition) is 0. The van der Waals surface area contributed by atoms with Gasteiger partial charge in [-0.2, -0.15) is 5.26 Å². The smallest absolute Gasteiger partial charge is 0.164 e. The van der Waals surface area contributed by atoms with Crippen molar-refractivity contribution in [1.29, 1.82) is 5.26 Å². The summed E-state index contributed by atoms with van der Waals surface area (Å²) < 4.78 is 6.19. The molecular weight excluding hydrogens is 552 g/mol. The van der Waals surface area contributed by atoms with Gasteiger partial charge in [0.25, 0.3) is 0 Å². The van der Waals surface area contributed by atoms with Gasteiger partial charge in [-0.05, 0) is 52.6 Å². The highest BCUT2D eigenvalue weighted by atomic mass is 16.3. The molecule has 0 aliphatic heterocycles. The summed E-state index contributed by atoms with van der Waals surface area (Å²) in [5.74, 6) is 1.56. The molecule has 0 saturated heterocycles. The van der Waals surface area contributed by atoms with Crippen molar-refractivity contribution in [2.24, 2.45) is 0 Å². The molecule has 2 heterocycles. The topological polar surface area (TPSA) is 75.6 Å². The van der Waals surface area contributed by atoms with E-state index in [1.165, 1.54) is 0 Å². The van der Waals surface area contributed by atoms with Gasteiger partial charge < -0.3 is 4.42 Å².